The molecule has 5 heteroatoms. The van der Waals surface area contributed by atoms with Gasteiger partial charge in [0, 0.05) is 19.7 Å². The number of amides is 1. The van der Waals surface area contributed by atoms with Crippen molar-refractivity contribution in [2.75, 3.05) is 26.8 Å². The molecular formula is C11H18BNO3. The van der Waals surface area contributed by atoms with Gasteiger partial charge in [-0.2, -0.15) is 0 Å². The van der Waals surface area contributed by atoms with Gasteiger partial charge in [-0.15, -0.1) is 0 Å². The lowest BCUT2D eigenvalue weighted by Gasteiger charge is -2.19. The van der Waals surface area contributed by atoms with Gasteiger partial charge in [0.25, 0.3) is 8.05 Å². The molecule has 4 atom stereocenters. The van der Waals surface area contributed by atoms with E-state index in [0.29, 0.717) is 30.3 Å². The van der Waals surface area contributed by atoms with Crippen LogP contribution in [-0.2, 0) is 9.39 Å². The molecule has 16 heavy (non-hydrogen) atoms. The predicted molar refractivity (Wildman–Crippen MR) is 59.9 cm³/mol. The lowest BCUT2D eigenvalue weighted by atomic mass is 9.91. The molecule has 0 bridgehead atoms. The van der Waals surface area contributed by atoms with Crippen LogP contribution >= 0.6 is 0 Å². The Labute approximate surface area is 97.7 Å². The number of rotatable bonds is 2. The standard InChI is InChI=1S/C11H18BNO3/c1-7-3-8(6-16-12)10-5-13(4-9(7)10)11(14)15-2/h7-10H,3-6H2,1-2H3. The van der Waals surface area contributed by atoms with Crippen LogP contribution in [0.15, 0.2) is 0 Å². The average Bonchev–Trinajstić information content (AvgIpc) is 2.81. The predicted octanol–water partition coefficient (Wildman–Crippen LogP) is 1.06. The van der Waals surface area contributed by atoms with Gasteiger partial charge in [0.05, 0.1) is 7.11 Å². The lowest BCUT2D eigenvalue weighted by Crippen LogP contribution is -2.31. The third-order valence-corrected chi connectivity index (χ3v) is 4.17. The van der Waals surface area contributed by atoms with Crippen molar-refractivity contribution in [3.05, 3.63) is 0 Å². The first-order valence-electron chi connectivity index (χ1n) is 5.82. The molecule has 2 radical (unpaired) electrons. The summed E-state index contributed by atoms with van der Waals surface area (Å²) >= 11 is 0. The van der Waals surface area contributed by atoms with Crippen LogP contribution in [-0.4, -0.2) is 45.8 Å². The van der Waals surface area contributed by atoms with Gasteiger partial charge >= 0.3 is 6.09 Å². The van der Waals surface area contributed by atoms with Gasteiger partial charge in [-0.05, 0) is 30.1 Å². The Bertz CT molecular complexity index is 274. The highest BCUT2D eigenvalue weighted by molar-refractivity contribution is 5.97. The van der Waals surface area contributed by atoms with E-state index >= 15 is 0 Å². The van der Waals surface area contributed by atoms with E-state index in [9.17, 15) is 4.79 Å². The van der Waals surface area contributed by atoms with Crippen LogP contribution < -0.4 is 0 Å². The minimum absolute atomic E-state index is 0.214. The minimum Gasteiger partial charge on any atom is -0.453 e. The quantitative estimate of drug-likeness (QED) is 0.657. The fraction of sp³-hybridized carbons (Fsp3) is 0.909. The van der Waals surface area contributed by atoms with Crippen LogP contribution in [0.1, 0.15) is 13.3 Å². The van der Waals surface area contributed by atoms with E-state index in [2.05, 4.69) is 6.92 Å². The number of carbonyl (C=O) groups excluding carboxylic acids is 1. The first-order chi connectivity index (χ1) is 7.67. The van der Waals surface area contributed by atoms with Crippen molar-refractivity contribution in [2.24, 2.45) is 23.7 Å². The van der Waals surface area contributed by atoms with Crippen molar-refractivity contribution >= 4 is 14.1 Å². The average molecular weight is 223 g/mol. The number of fused-ring (bicyclic) bond motifs is 1. The van der Waals surface area contributed by atoms with Crippen LogP contribution in [0.4, 0.5) is 4.79 Å². The lowest BCUT2D eigenvalue weighted by molar-refractivity contribution is 0.125. The van der Waals surface area contributed by atoms with Crippen molar-refractivity contribution in [3.63, 3.8) is 0 Å². The fourth-order valence-electron chi connectivity index (χ4n) is 3.38. The second-order valence-electron chi connectivity index (χ2n) is 5.01. The van der Waals surface area contributed by atoms with Crippen molar-refractivity contribution < 1.29 is 14.2 Å². The van der Waals surface area contributed by atoms with E-state index in [0.717, 1.165) is 19.5 Å². The van der Waals surface area contributed by atoms with E-state index in [1.54, 1.807) is 4.90 Å². The number of hydrogen-bond donors (Lipinski definition) is 0. The molecule has 1 saturated carbocycles. The largest absolute Gasteiger partial charge is 0.453 e. The number of hydrogen-bond acceptors (Lipinski definition) is 3. The van der Waals surface area contributed by atoms with E-state index in [-0.39, 0.29) is 6.09 Å². The molecule has 88 valence electrons. The molecule has 2 rings (SSSR count). The number of methoxy groups -OCH3 is 1. The molecule has 2 fully saturated rings. The Hall–Kier alpha value is -0.705. The van der Waals surface area contributed by atoms with Crippen molar-refractivity contribution in [1.29, 1.82) is 0 Å². The Morgan fingerprint density at radius 3 is 2.75 bits per heavy atom. The molecule has 2 aliphatic rings. The molecule has 0 spiro atoms. The zero-order valence-corrected chi connectivity index (χ0v) is 9.89. The highest BCUT2D eigenvalue weighted by Crippen LogP contribution is 2.45. The maximum absolute atomic E-state index is 11.5. The van der Waals surface area contributed by atoms with Gasteiger partial charge in [0.15, 0.2) is 0 Å². The smallest absolute Gasteiger partial charge is 0.409 e. The first kappa shape index (κ1) is 11.8. The molecule has 1 heterocycles. The molecule has 0 aromatic heterocycles. The molecule has 0 aromatic carbocycles. The second-order valence-corrected chi connectivity index (χ2v) is 5.01. The second kappa shape index (κ2) is 4.66. The molecule has 1 saturated heterocycles. The number of nitrogens with zero attached hydrogens (tertiary/aromatic N) is 1. The Balaban J connectivity index is 2.01. The van der Waals surface area contributed by atoms with Gasteiger partial charge < -0.3 is 14.3 Å². The Morgan fingerprint density at radius 2 is 2.12 bits per heavy atom. The maximum atomic E-state index is 11.5. The molecule has 4 nitrogen and oxygen atoms in total. The van der Waals surface area contributed by atoms with Crippen LogP contribution in [0, 0.1) is 23.7 Å². The van der Waals surface area contributed by atoms with E-state index in [1.165, 1.54) is 7.11 Å². The summed E-state index contributed by atoms with van der Waals surface area (Å²) in [4.78, 5) is 13.3. The Kier molecular flexibility index (Phi) is 3.43. The van der Waals surface area contributed by atoms with Crippen LogP contribution in [0.3, 0.4) is 0 Å². The zero-order chi connectivity index (χ0) is 11.7. The molecule has 1 aliphatic heterocycles. The molecule has 0 aromatic rings. The SMILES string of the molecule is [B]OCC1CC(C)C2CN(C(=O)OC)CC12. The molecular weight excluding hydrogens is 205 g/mol. The van der Waals surface area contributed by atoms with Gasteiger partial charge in [0.1, 0.15) is 0 Å². The van der Waals surface area contributed by atoms with Crippen molar-refractivity contribution in [2.45, 2.75) is 13.3 Å². The van der Waals surface area contributed by atoms with E-state index in [4.69, 9.17) is 17.4 Å². The highest BCUT2D eigenvalue weighted by atomic mass is 16.5. The summed E-state index contributed by atoms with van der Waals surface area (Å²) in [5.74, 6) is 2.23. The molecule has 4 unspecified atom stereocenters. The summed E-state index contributed by atoms with van der Waals surface area (Å²) in [6.45, 7) is 4.45. The number of likely N-dealkylation sites (tertiary alicyclic amines) is 1. The zero-order valence-electron chi connectivity index (χ0n) is 9.89. The van der Waals surface area contributed by atoms with Gasteiger partial charge in [-0.25, -0.2) is 4.79 Å². The summed E-state index contributed by atoms with van der Waals surface area (Å²) in [6.07, 6.45) is 0.940. The topological polar surface area (TPSA) is 38.8 Å². The molecule has 1 amide bonds. The van der Waals surface area contributed by atoms with Gasteiger partial charge in [-0.3, -0.25) is 0 Å². The highest BCUT2D eigenvalue weighted by Gasteiger charge is 2.47. The van der Waals surface area contributed by atoms with Crippen molar-refractivity contribution in [1.82, 2.24) is 4.90 Å². The summed E-state index contributed by atoms with van der Waals surface area (Å²) in [5, 5.41) is 0. The maximum Gasteiger partial charge on any atom is 0.409 e. The summed E-state index contributed by atoms with van der Waals surface area (Å²) < 4.78 is 9.53. The number of ether oxygens (including phenoxy) is 1. The normalized spacial score (nSPS) is 37.5. The van der Waals surface area contributed by atoms with Gasteiger partial charge in [0.2, 0.25) is 0 Å². The fourth-order valence-corrected chi connectivity index (χ4v) is 3.38. The van der Waals surface area contributed by atoms with Crippen LogP contribution in [0.5, 0.6) is 0 Å². The minimum atomic E-state index is -0.214. The molecule has 0 N–H and O–H groups in total. The van der Waals surface area contributed by atoms with Crippen molar-refractivity contribution in [3.8, 4) is 0 Å². The van der Waals surface area contributed by atoms with E-state index < -0.39 is 0 Å². The molecule has 1 aliphatic carbocycles. The summed E-state index contributed by atoms with van der Waals surface area (Å²) in [6, 6.07) is 0. The summed E-state index contributed by atoms with van der Waals surface area (Å²) in [7, 11) is 6.58. The number of carbonyl (C=O) groups is 1. The first-order valence-corrected chi connectivity index (χ1v) is 5.82. The monoisotopic (exact) mass is 223 g/mol. The summed E-state index contributed by atoms with van der Waals surface area (Å²) in [5.41, 5.74) is 0. The third-order valence-electron chi connectivity index (χ3n) is 4.17. The Morgan fingerprint density at radius 1 is 1.44 bits per heavy atom. The van der Waals surface area contributed by atoms with E-state index in [1.807, 2.05) is 0 Å². The van der Waals surface area contributed by atoms with Crippen LogP contribution in [0.2, 0.25) is 0 Å². The van der Waals surface area contributed by atoms with Gasteiger partial charge in [-0.1, -0.05) is 6.92 Å². The third kappa shape index (κ3) is 1.93. The van der Waals surface area contributed by atoms with Crippen LogP contribution in [0.25, 0.3) is 0 Å².